The van der Waals surface area contributed by atoms with Crippen molar-refractivity contribution >= 4 is 55.6 Å². The third-order valence-corrected chi connectivity index (χ3v) is 11.9. The van der Waals surface area contributed by atoms with Crippen LogP contribution >= 0.6 is 15.9 Å². The molecule has 11 nitrogen and oxygen atoms in total. The number of anilines is 1. The quantitative estimate of drug-likeness (QED) is 0.223. The van der Waals surface area contributed by atoms with E-state index < -0.39 is 35.5 Å². The lowest BCUT2D eigenvalue weighted by molar-refractivity contribution is -0.142. The number of imidazole rings is 1. The molecule has 1 atom stereocenters. The minimum absolute atomic E-state index is 0.0478. The first-order valence-corrected chi connectivity index (χ1v) is 18.7. The number of piperidine rings is 3. The summed E-state index contributed by atoms with van der Waals surface area (Å²) in [5.41, 5.74) is 6.35. The number of nitrogen functional groups attached to an aromatic ring is 1. The minimum Gasteiger partial charge on any atom is -0.436 e. The standard InChI is InChI=1S/C37H43BrF3N7O4/c1-45-12-6-23(7-13-45)24-8-14-46(15-9-24)34(49)31(20-22-18-27(37(39,40)41)32(42)28(38)19-22)52-36(51)47-16-10-25(11-17-47)48-30-21-43-29-5-3-2-4-26(29)33(30)44-35(48)50/h2-5,18-19,21,23-25,31H,6-17,20,42H2,1H3,(H,44,50)/t31-/m1/s1. The maximum absolute atomic E-state index is 14.1. The monoisotopic (exact) mass is 785 g/mol. The third kappa shape index (κ3) is 7.39. The highest BCUT2D eigenvalue weighted by Crippen LogP contribution is 2.39. The molecule has 0 unspecified atom stereocenters. The van der Waals surface area contributed by atoms with Crippen molar-refractivity contribution in [3.05, 3.63) is 68.7 Å². The lowest BCUT2D eigenvalue weighted by Crippen LogP contribution is -2.49. The number of hydrogen-bond donors (Lipinski definition) is 2. The van der Waals surface area contributed by atoms with Crippen LogP contribution in [0.1, 0.15) is 55.7 Å². The predicted molar refractivity (Wildman–Crippen MR) is 195 cm³/mol. The average Bonchev–Trinajstić information content (AvgIpc) is 3.48. The van der Waals surface area contributed by atoms with E-state index in [4.69, 9.17) is 10.5 Å². The number of nitrogens with one attached hydrogen (secondary N) is 1. The van der Waals surface area contributed by atoms with E-state index in [2.05, 4.69) is 37.8 Å². The number of rotatable bonds is 6. The van der Waals surface area contributed by atoms with Gasteiger partial charge in [0.2, 0.25) is 0 Å². The molecule has 0 radical (unpaired) electrons. The maximum Gasteiger partial charge on any atom is 0.418 e. The lowest BCUT2D eigenvalue weighted by atomic mass is 9.79. The number of fused-ring (bicyclic) bond motifs is 3. The van der Waals surface area contributed by atoms with E-state index in [1.807, 2.05) is 24.3 Å². The Morgan fingerprint density at radius 3 is 2.29 bits per heavy atom. The van der Waals surface area contributed by atoms with Crippen molar-refractivity contribution in [1.29, 1.82) is 0 Å². The van der Waals surface area contributed by atoms with E-state index in [9.17, 15) is 27.6 Å². The van der Waals surface area contributed by atoms with Crippen LogP contribution in [0.5, 0.6) is 0 Å². The zero-order valence-electron chi connectivity index (χ0n) is 29.0. The molecule has 2 aromatic heterocycles. The normalized spacial score (nSPS) is 19.4. The number of halogens is 4. The minimum atomic E-state index is -4.71. The molecule has 3 saturated heterocycles. The van der Waals surface area contributed by atoms with Crippen molar-refractivity contribution in [3.8, 4) is 0 Å². The molecular formula is C37H43BrF3N7O4. The zero-order chi connectivity index (χ0) is 36.7. The molecular weight excluding hydrogens is 743 g/mol. The van der Waals surface area contributed by atoms with Crippen LogP contribution in [0.15, 0.2) is 51.9 Å². The summed E-state index contributed by atoms with van der Waals surface area (Å²) in [5.74, 6) is 0.687. The highest BCUT2D eigenvalue weighted by atomic mass is 79.9. The van der Waals surface area contributed by atoms with Crippen LogP contribution in [-0.4, -0.2) is 93.7 Å². The summed E-state index contributed by atoms with van der Waals surface area (Å²) in [7, 11) is 2.13. The average molecular weight is 787 g/mol. The fraction of sp³-hybridized carbons (Fsp3) is 0.514. The summed E-state index contributed by atoms with van der Waals surface area (Å²) in [6.45, 7) is 3.64. The Bertz CT molecular complexity index is 2010. The highest BCUT2D eigenvalue weighted by molar-refractivity contribution is 9.10. The molecule has 2 aromatic carbocycles. The van der Waals surface area contributed by atoms with E-state index in [-0.39, 0.29) is 41.3 Å². The van der Waals surface area contributed by atoms with E-state index in [1.54, 1.807) is 15.7 Å². The number of likely N-dealkylation sites (tertiary alicyclic amines) is 3. The largest absolute Gasteiger partial charge is 0.436 e. The number of alkyl halides is 3. The summed E-state index contributed by atoms with van der Waals surface area (Å²) in [6.07, 6.45) is -0.502. The van der Waals surface area contributed by atoms with Gasteiger partial charge in [-0.25, -0.2) is 9.59 Å². The predicted octanol–water partition coefficient (Wildman–Crippen LogP) is 6.21. The number of para-hydroxylation sites is 1. The third-order valence-electron chi connectivity index (χ3n) is 11.3. The van der Waals surface area contributed by atoms with Gasteiger partial charge in [0.05, 0.1) is 34.0 Å². The molecule has 4 aromatic rings. The summed E-state index contributed by atoms with van der Waals surface area (Å²) < 4.78 is 49.3. The Morgan fingerprint density at radius 2 is 1.62 bits per heavy atom. The Balaban J connectivity index is 1.06. The maximum atomic E-state index is 14.1. The Morgan fingerprint density at radius 1 is 0.981 bits per heavy atom. The van der Waals surface area contributed by atoms with E-state index in [0.717, 1.165) is 55.7 Å². The van der Waals surface area contributed by atoms with Crippen molar-refractivity contribution in [2.24, 2.45) is 11.8 Å². The lowest BCUT2D eigenvalue weighted by Gasteiger charge is -2.40. The summed E-state index contributed by atoms with van der Waals surface area (Å²) in [6, 6.07) is 9.72. The van der Waals surface area contributed by atoms with Gasteiger partial charge in [-0.1, -0.05) is 18.2 Å². The fourth-order valence-electron chi connectivity index (χ4n) is 8.30. The van der Waals surface area contributed by atoms with Crippen molar-refractivity contribution in [3.63, 3.8) is 0 Å². The van der Waals surface area contributed by atoms with E-state index in [0.29, 0.717) is 48.8 Å². The zero-order valence-corrected chi connectivity index (χ0v) is 30.6. The summed E-state index contributed by atoms with van der Waals surface area (Å²) in [4.78, 5) is 53.9. The van der Waals surface area contributed by atoms with Crippen LogP contribution in [0, 0.1) is 11.8 Å². The molecule has 2 amide bonds. The van der Waals surface area contributed by atoms with Gasteiger partial charge >= 0.3 is 18.0 Å². The fourth-order valence-corrected chi connectivity index (χ4v) is 8.81. The number of carbonyl (C=O) groups excluding carboxylic acids is 2. The van der Waals surface area contributed by atoms with Gasteiger partial charge in [-0.05, 0) is 110 Å². The second-order valence-electron chi connectivity index (χ2n) is 14.5. The van der Waals surface area contributed by atoms with Crippen molar-refractivity contribution in [1.82, 2.24) is 29.2 Å². The number of amides is 2. The van der Waals surface area contributed by atoms with Crippen molar-refractivity contribution in [2.75, 3.05) is 52.0 Å². The first-order valence-electron chi connectivity index (χ1n) is 17.9. The molecule has 0 spiro atoms. The van der Waals surface area contributed by atoms with E-state index in [1.165, 1.54) is 11.0 Å². The van der Waals surface area contributed by atoms with Gasteiger partial charge in [0, 0.05) is 48.5 Å². The highest BCUT2D eigenvalue weighted by Gasteiger charge is 2.38. The molecule has 3 aliphatic heterocycles. The Hall–Kier alpha value is -4.11. The first-order chi connectivity index (χ1) is 24.9. The van der Waals surface area contributed by atoms with E-state index >= 15 is 0 Å². The molecule has 52 heavy (non-hydrogen) atoms. The number of nitrogens with two attached hydrogens (primary N) is 1. The van der Waals surface area contributed by atoms with Gasteiger partial charge in [-0.2, -0.15) is 13.2 Å². The molecule has 3 N–H and O–H groups in total. The molecule has 5 heterocycles. The summed E-state index contributed by atoms with van der Waals surface area (Å²) in [5, 5.41) is 0.842. The van der Waals surface area contributed by atoms with Crippen LogP contribution in [0.25, 0.3) is 21.9 Å². The molecule has 0 saturated carbocycles. The van der Waals surface area contributed by atoms with Gasteiger partial charge in [-0.3, -0.25) is 14.3 Å². The van der Waals surface area contributed by atoms with Crippen LogP contribution in [0.4, 0.5) is 23.7 Å². The number of H-pyrrole nitrogens is 1. The molecule has 15 heteroatoms. The van der Waals surface area contributed by atoms with Gasteiger partial charge in [0.25, 0.3) is 5.91 Å². The smallest absolute Gasteiger partial charge is 0.418 e. The van der Waals surface area contributed by atoms with Crippen LogP contribution in [0.3, 0.4) is 0 Å². The molecule has 3 fully saturated rings. The van der Waals surface area contributed by atoms with Crippen LogP contribution in [-0.2, 0) is 22.1 Å². The van der Waals surface area contributed by atoms with Gasteiger partial charge < -0.3 is 30.2 Å². The molecule has 0 aliphatic carbocycles. The topological polar surface area (TPSA) is 130 Å². The van der Waals surface area contributed by atoms with Gasteiger partial charge in [0.1, 0.15) is 0 Å². The number of ether oxygens (including phenoxy) is 1. The molecule has 3 aliphatic rings. The molecule has 0 bridgehead atoms. The molecule has 7 rings (SSSR count). The molecule has 278 valence electrons. The number of hydrogen-bond acceptors (Lipinski definition) is 7. The number of benzene rings is 2. The second-order valence-corrected chi connectivity index (χ2v) is 15.3. The Kier molecular flexibility index (Phi) is 10.3. The number of pyridine rings is 1. The first kappa shape index (κ1) is 36.3. The van der Waals surface area contributed by atoms with Crippen molar-refractivity contribution < 1.29 is 27.5 Å². The second kappa shape index (κ2) is 14.7. The van der Waals surface area contributed by atoms with Crippen LogP contribution in [0.2, 0.25) is 0 Å². The Labute approximate surface area is 307 Å². The number of carbonyl (C=O) groups is 2. The van der Waals surface area contributed by atoms with Gasteiger partial charge in [0.15, 0.2) is 6.10 Å². The number of nitrogens with zero attached hydrogens (tertiary/aromatic N) is 5. The SMILES string of the molecule is CN1CCC(C2CCN(C(=O)[C@@H](Cc3cc(Br)c(N)c(C(F)(F)F)c3)OC(=O)N3CCC(n4c(=O)[nH]c5c6ccccc6ncc54)CC3)CC2)CC1. The summed E-state index contributed by atoms with van der Waals surface area (Å²) >= 11 is 3.14. The van der Waals surface area contributed by atoms with Crippen molar-refractivity contribution in [2.45, 2.75) is 63.3 Å². The van der Waals surface area contributed by atoms with Crippen LogP contribution < -0.4 is 11.4 Å². The van der Waals surface area contributed by atoms with Gasteiger partial charge in [-0.15, -0.1) is 0 Å². The number of aromatic amines is 1. The number of aromatic nitrogens is 3.